The fourth-order valence-electron chi connectivity index (χ4n) is 5.33. The van der Waals surface area contributed by atoms with Gasteiger partial charge in [0.05, 0.1) is 12.7 Å². The number of fused-ring (bicyclic) bond motifs is 4. The maximum atomic E-state index is 13.0. The van der Waals surface area contributed by atoms with Crippen LogP contribution in [0.4, 0.5) is 0 Å². The van der Waals surface area contributed by atoms with Gasteiger partial charge in [-0.1, -0.05) is 19.3 Å². The second-order valence-electron chi connectivity index (χ2n) is 7.28. The van der Waals surface area contributed by atoms with Crippen molar-refractivity contribution in [1.29, 1.82) is 0 Å². The fourth-order valence-corrected chi connectivity index (χ4v) is 5.33. The number of carbonyl (C=O) groups is 1. The molecule has 5 atom stereocenters. The third-order valence-electron chi connectivity index (χ3n) is 6.64. The van der Waals surface area contributed by atoms with Gasteiger partial charge in [-0.05, 0) is 32.1 Å². The smallest absolute Gasteiger partial charge is 0.181 e. The molecule has 3 heteroatoms. The Morgan fingerprint density at radius 1 is 1.22 bits per heavy atom. The molecule has 0 N–H and O–H groups in total. The highest BCUT2D eigenvalue weighted by molar-refractivity contribution is 6.01. The lowest BCUT2D eigenvalue weighted by Gasteiger charge is -2.35. The van der Waals surface area contributed by atoms with Gasteiger partial charge in [0.1, 0.15) is 5.60 Å². The fraction of sp³-hybridized carbons (Fsp3) is 0.933. The molecule has 0 aromatic heterocycles. The van der Waals surface area contributed by atoms with Crippen LogP contribution in [0.1, 0.15) is 45.4 Å². The van der Waals surface area contributed by atoms with E-state index in [9.17, 15) is 4.79 Å². The second-order valence-corrected chi connectivity index (χ2v) is 7.28. The third kappa shape index (κ3) is 0.875. The first-order valence-electron chi connectivity index (χ1n) is 7.52. The highest BCUT2D eigenvalue weighted by Gasteiger charge is 2.90. The number of epoxide rings is 2. The molecular formula is C15H20O3. The van der Waals surface area contributed by atoms with Gasteiger partial charge in [0.15, 0.2) is 11.4 Å². The van der Waals surface area contributed by atoms with Crippen LogP contribution in [0.2, 0.25) is 0 Å². The summed E-state index contributed by atoms with van der Waals surface area (Å²) in [6.07, 6.45) is 7.88. The van der Waals surface area contributed by atoms with Gasteiger partial charge >= 0.3 is 0 Å². The monoisotopic (exact) mass is 248 g/mol. The lowest BCUT2D eigenvalue weighted by Crippen LogP contribution is -2.52. The minimum atomic E-state index is -0.526. The van der Waals surface area contributed by atoms with Gasteiger partial charge < -0.3 is 9.47 Å². The van der Waals surface area contributed by atoms with Crippen molar-refractivity contribution in [2.24, 2.45) is 17.3 Å². The highest BCUT2D eigenvalue weighted by atomic mass is 16.7. The third-order valence-corrected chi connectivity index (χ3v) is 6.64. The van der Waals surface area contributed by atoms with Crippen molar-refractivity contribution >= 4 is 5.78 Å². The van der Waals surface area contributed by atoms with Crippen LogP contribution >= 0.6 is 0 Å². The second kappa shape index (κ2) is 2.71. The van der Waals surface area contributed by atoms with E-state index in [1.165, 1.54) is 32.1 Å². The van der Waals surface area contributed by atoms with Crippen molar-refractivity contribution in [3.05, 3.63) is 0 Å². The van der Waals surface area contributed by atoms with Gasteiger partial charge in [0, 0.05) is 11.3 Å². The van der Waals surface area contributed by atoms with Crippen molar-refractivity contribution in [1.82, 2.24) is 0 Å². The lowest BCUT2D eigenvalue weighted by molar-refractivity contribution is -0.136. The summed E-state index contributed by atoms with van der Waals surface area (Å²) in [5.41, 5.74) is -0.816. The molecule has 0 radical (unpaired) electrons. The molecule has 0 amide bonds. The van der Waals surface area contributed by atoms with Crippen LogP contribution in [0, 0.1) is 17.3 Å². The molecule has 0 bridgehead atoms. The Kier molecular flexibility index (Phi) is 1.56. The normalized spacial score (nSPS) is 61.3. The molecule has 2 heterocycles. The van der Waals surface area contributed by atoms with Gasteiger partial charge in [-0.25, -0.2) is 0 Å². The standard InChI is InChI=1S/C15H20O3/c1-13-11(18-13)10-7-14(10,9-5-3-2-4-6-9)12(16)15(13)8-17-15/h9-11H,2-8H2,1H3/t10-,11-,13-,14?,15-/m1/s1. The minimum Gasteiger partial charge on any atom is -0.362 e. The Morgan fingerprint density at radius 2 is 1.94 bits per heavy atom. The van der Waals surface area contributed by atoms with Crippen LogP contribution in [0.3, 0.4) is 0 Å². The average Bonchev–Trinajstić information content (AvgIpc) is 3.24. The van der Waals surface area contributed by atoms with E-state index in [-0.39, 0.29) is 11.0 Å². The van der Waals surface area contributed by atoms with Gasteiger partial charge in [-0.3, -0.25) is 4.79 Å². The minimum absolute atomic E-state index is 0.0302. The summed E-state index contributed by atoms with van der Waals surface area (Å²) in [6, 6.07) is 0. The Balaban J connectivity index is 1.55. The number of Topliss-reactive ketones (excluding diaryl/α,β-unsaturated/α-hetero) is 1. The maximum Gasteiger partial charge on any atom is 0.181 e. The van der Waals surface area contributed by atoms with E-state index < -0.39 is 5.60 Å². The first-order chi connectivity index (χ1) is 8.65. The Labute approximate surface area is 107 Å². The van der Waals surface area contributed by atoms with Gasteiger partial charge in [0.2, 0.25) is 0 Å². The van der Waals surface area contributed by atoms with Crippen LogP contribution < -0.4 is 0 Å². The van der Waals surface area contributed by atoms with E-state index in [1.807, 2.05) is 0 Å². The molecule has 3 nitrogen and oxygen atoms in total. The molecule has 5 fully saturated rings. The summed E-state index contributed by atoms with van der Waals surface area (Å²) in [4.78, 5) is 13.0. The van der Waals surface area contributed by atoms with Crippen molar-refractivity contribution < 1.29 is 14.3 Å². The number of ether oxygens (including phenoxy) is 2. The van der Waals surface area contributed by atoms with Crippen molar-refractivity contribution in [3.63, 3.8) is 0 Å². The molecule has 2 aliphatic heterocycles. The van der Waals surface area contributed by atoms with Gasteiger partial charge in [0.25, 0.3) is 0 Å². The number of hydrogen-bond donors (Lipinski definition) is 0. The van der Waals surface area contributed by atoms with Crippen LogP contribution in [0.5, 0.6) is 0 Å². The average molecular weight is 248 g/mol. The SMILES string of the molecule is C[C@@]12O[C@@H]1[C@H]1CC1(C1CCCCC1)C(=O)[C@]21CO1. The largest absolute Gasteiger partial charge is 0.362 e. The molecule has 2 saturated heterocycles. The highest BCUT2D eigenvalue weighted by Crippen LogP contribution is 2.77. The zero-order chi connectivity index (χ0) is 12.2. The van der Waals surface area contributed by atoms with E-state index in [0.29, 0.717) is 30.3 Å². The summed E-state index contributed by atoms with van der Waals surface area (Å²) >= 11 is 0. The molecule has 1 unspecified atom stereocenters. The summed E-state index contributed by atoms with van der Waals surface area (Å²) < 4.78 is 11.6. The van der Waals surface area contributed by atoms with Crippen LogP contribution in [0.15, 0.2) is 0 Å². The molecule has 1 spiro atoms. The first kappa shape index (κ1) is 10.4. The number of carbonyl (C=O) groups excluding carboxylic acids is 1. The molecule has 3 saturated carbocycles. The lowest BCUT2D eigenvalue weighted by atomic mass is 9.65. The van der Waals surface area contributed by atoms with Gasteiger partial charge in [-0.2, -0.15) is 0 Å². The molecule has 5 rings (SSSR count). The summed E-state index contributed by atoms with van der Waals surface area (Å²) in [7, 11) is 0. The number of hydrogen-bond acceptors (Lipinski definition) is 3. The molecule has 3 aliphatic carbocycles. The molecule has 5 aliphatic rings. The maximum absolute atomic E-state index is 13.0. The van der Waals surface area contributed by atoms with Crippen LogP contribution in [-0.2, 0) is 14.3 Å². The van der Waals surface area contributed by atoms with Crippen LogP contribution in [-0.4, -0.2) is 29.7 Å². The molecule has 18 heavy (non-hydrogen) atoms. The van der Waals surface area contributed by atoms with E-state index in [1.54, 1.807) is 0 Å². The van der Waals surface area contributed by atoms with Crippen molar-refractivity contribution in [3.8, 4) is 0 Å². The van der Waals surface area contributed by atoms with E-state index in [2.05, 4.69) is 6.92 Å². The van der Waals surface area contributed by atoms with Crippen molar-refractivity contribution in [2.45, 2.75) is 62.8 Å². The number of ketones is 1. The Bertz CT molecular complexity index is 449. The van der Waals surface area contributed by atoms with Crippen LogP contribution in [0.25, 0.3) is 0 Å². The van der Waals surface area contributed by atoms with E-state index in [4.69, 9.17) is 9.47 Å². The Hall–Kier alpha value is -0.410. The quantitative estimate of drug-likeness (QED) is 0.667. The Morgan fingerprint density at radius 3 is 2.61 bits per heavy atom. The molecule has 0 aromatic carbocycles. The zero-order valence-electron chi connectivity index (χ0n) is 10.9. The summed E-state index contributed by atoms with van der Waals surface area (Å²) in [5, 5.41) is 0. The summed E-state index contributed by atoms with van der Waals surface area (Å²) in [5.74, 6) is 1.56. The van der Waals surface area contributed by atoms with Crippen molar-refractivity contribution in [2.75, 3.05) is 6.61 Å². The van der Waals surface area contributed by atoms with E-state index in [0.717, 1.165) is 6.42 Å². The number of rotatable bonds is 1. The summed E-state index contributed by atoms with van der Waals surface area (Å²) in [6.45, 7) is 2.70. The first-order valence-corrected chi connectivity index (χ1v) is 7.52. The zero-order valence-corrected chi connectivity index (χ0v) is 10.9. The molecule has 0 aromatic rings. The predicted molar refractivity (Wildman–Crippen MR) is 64.1 cm³/mol. The van der Waals surface area contributed by atoms with E-state index >= 15 is 0 Å². The molecular weight excluding hydrogens is 228 g/mol. The predicted octanol–water partition coefficient (Wildman–Crippen LogP) is 2.08. The topological polar surface area (TPSA) is 42.1 Å². The van der Waals surface area contributed by atoms with Gasteiger partial charge in [-0.15, -0.1) is 0 Å². The molecule has 98 valence electrons.